The molecule has 2 aromatic rings. The molecule has 5 heteroatoms. The van der Waals surface area contributed by atoms with Crippen LogP contribution in [0.5, 0.6) is 17.2 Å². The Kier molecular flexibility index (Phi) is 7.80. The summed E-state index contributed by atoms with van der Waals surface area (Å²) in [6, 6.07) is 14.6. The molecule has 0 aliphatic heterocycles. The first kappa shape index (κ1) is 19.6. The molecule has 0 aliphatic carbocycles. The number of nitrogens with one attached hydrogen (secondary N) is 1. The van der Waals surface area contributed by atoms with Gasteiger partial charge in [0, 0.05) is 5.56 Å². The average molecular weight is 357 g/mol. The SMILES string of the molecule is COc1ccccc1OCCNC(=O)c1ccc(OCCC(C)C)cc1. The molecular formula is C21H27NO4. The zero-order chi connectivity index (χ0) is 18.8. The Balaban J connectivity index is 1.74. The summed E-state index contributed by atoms with van der Waals surface area (Å²) >= 11 is 0. The maximum atomic E-state index is 12.2. The molecule has 5 nitrogen and oxygen atoms in total. The van der Waals surface area contributed by atoms with Crippen LogP contribution in [0.4, 0.5) is 0 Å². The van der Waals surface area contributed by atoms with Crippen LogP contribution >= 0.6 is 0 Å². The zero-order valence-corrected chi connectivity index (χ0v) is 15.7. The van der Waals surface area contributed by atoms with E-state index < -0.39 is 0 Å². The van der Waals surface area contributed by atoms with E-state index in [-0.39, 0.29) is 5.91 Å². The van der Waals surface area contributed by atoms with E-state index in [1.807, 2.05) is 36.4 Å². The quantitative estimate of drug-likeness (QED) is 0.655. The summed E-state index contributed by atoms with van der Waals surface area (Å²) in [5.74, 6) is 2.58. The van der Waals surface area contributed by atoms with Gasteiger partial charge < -0.3 is 19.5 Å². The molecule has 2 rings (SSSR count). The molecule has 0 fully saturated rings. The summed E-state index contributed by atoms with van der Waals surface area (Å²) in [6.45, 7) is 5.78. The Morgan fingerprint density at radius 1 is 0.962 bits per heavy atom. The van der Waals surface area contributed by atoms with Crippen molar-refractivity contribution in [3.8, 4) is 17.2 Å². The summed E-state index contributed by atoms with van der Waals surface area (Å²) in [5.41, 5.74) is 0.596. The van der Waals surface area contributed by atoms with Crippen LogP contribution in [0.15, 0.2) is 48.5 Å². The molecule has 140 valence electrons. The largest absolute Gasteiger partial charge is 0.494 e. The van der Waals surface area contributed by atoms with Gasteiger partial charge in [-0.05, 0) is 48.7 Å². The van der Waals surface area contributed by atoms with Crippen LogP contribution in [0.3, 0.4) is 0 Å². The van der Waals surface area contributed by atoms with Crippen LogP contribution in [0.1, 0.15) is 30.6 Å². The highest BCUT2D eigenvalue weighted by Crippen LogP contribution is 2.25. The van der Waals surface area contributed by atoms with Crippen molar-refractivity contribution in [2.75, 3.05) is 26.9 Å². The van der Waals surface area contributed by atoms with E-state index in [2.05, 4.69) is 19.2 Å². The smallest absolute Gasteiger partial charge is 0.251 e. The standard InChI is InChI=1S/C21H27NO4/c1-16(2)12-14-25-18-10-8-17(9-11-18)21(23)22-13-15-26-20-7-5-4-6-19(20)24-3/h4-11,16H,12-15H2,1-3H3,(H,22,23). The Morgan fingerprint density at radius 2 is 1.65 bits per heavy atom. The predicted octanol–water partition coefficient (Wildman–Crippen LogP) is 3.93. The van der Waals surface area contributed by atoms with Crippen molar-refractivity contribution in [2.24, 2.45) is 5.92 Å². The highest BCUT2D eigenvalue weighted by Gasteiger charge is 2.06. The molecule has 1 N–H and O–H groups in total. The van der Waals surface area contributed by atoms with Crippen molar-refractivity contribution in [3.05, 3.63) is 54.1 Å². The Hall–Kier alpha value is -2.69. The third kappa shape index (κ3) is 6.31. The second-order valence-electron chi connectivity index (χ2n) is 6.31. The third-order valence-electron chi connectivity index (χ3n) is 3.79. The van der Waals surface area contributed by atoms with Crippen LogP contribution in [0.2, 0.25) is 0 Å². The molecule has 0 radical (unpaired) electrons. The normalized spacial score (nSPS) is 10.5. The Labute approximate surface area is 155 Å². The molecule has 0 aliphatic rings. The van der Waals surface area contributed by atoms with Gasteiger partial charge in [-0.15, -0.1) is 0 Å². The number of amides is 1. The topological polar surface area (TPSA) is 56.8 Å². The highest BCUT2D eigenvalue weighted by molar-refractivity contribution is 5.94. The van der Waals surface area contributed by atoms with Crippen LogP contribution in [-0.2, 0) is 0 Å². The van der Waals surface area contributed by atoms with E-state index >= 15 is 0 Å². The van der Waals surface area contributed by atoms with Gasteiger partial charge in [0.15, 0.2) is 11.5 Å². The Morgan fingerprint density at radius 3 is 2.31 bits per heavy atom. The fraction of sp³-hybridized carbons (Fsp3) is 0.381. The first-order valence-corrected chi connectivity index (χ1v) is 8.87. The molecule has 0 heterocycles. The van der Waals surface area contributed by atoms with Crippen LogP contribution in [0.25, 0.3) is 0 Å². The number of hydrogen-bond donors (Lipinski definition) is 1. The minimum atomic E-state index is -0.137. The van der Waals surface area contributed by atoms with Crippen LogP contribution in [0, 0.1) is 5.92 Å². The van der Waals surface area contributed by atoms with Gasteiger partial charge in [0.1, 0.15) is 12.4 Å². The van der Waals surface area contributed by atoms with Gasteiger partial charge in [-0.3, -0.25) is 4.79 Å². The second kappa shape index (κ2) is 10.3. The van der Waals surface area contributed by atoms with Gasteiger partial charge in [-0.2, -0.15) is 0 Å². The molecule has 0 unspecified atom stereocenters. The van der Waals surface area contributed by atoms with Gasteiger partial charge in [0.05, 0.1) is 20.3 Å². The first-order chi connectivity index (χ1) is 12.6. The first-order valence-electron chi connectivity index (χ1n) is 8.87. The molecule has 26 heavy (non-hydrogen) atoms. The van der Waals surface area contributed by atoms with Crippen molar-refractivity contribution < 1.29 is 19.0 Å². The van der Waals surface area contributed by atoms with E-state index in [4.69, 9.17) is 14.2 Å². The number of carbonyl (C=O) groups excluding carboxylic acids is 1. The molecule has 0 bridgehead atoms. The lowest BCUT2D eigenvalue weighted by molar-refractivity contribution is 0.0947. The lowest BCUT2D eigenvalue weighted by Gasteiger charge is -2.11. The van der Waals surface area contributed by atoms with Gasteiger partial charge in [0.2, 0.25) is 0 Å². The van der Waals surface area contributed by atoms with E-state index in [0.717, 1.165) is 12.2 Å². The highest BCUT2D eigenvalue weighted by atomic mass is 16.5. The van der Waals surface area contributed by atoms with Crippen molar-refractivity contribution in [1.82, 2.24) is 5.32 Å². The molecule has 0 spiro atoms. The van der Waals surface area contributed by atoms with E-state index in [0.29, 0.717) is 42.7 Å². The molecular weight excluding hydrogens is 330 g/mol. The second-order valence-corrected chi connectivity index (χ2v) is 6.31. The fourth-order valence-electron chi connectivity index (χ4n) is 2.28. The van der Waals surface area contributed by atoms with E-state index in [9.17, 15) is 4.79 Å². The number of hydrogen-bond acceptors (Lipinski definition) is 4. The molecule has 0 saturated carbocycles. The number of ether oxygens (including phenoxy) is 3. The van der Waals surface area contributed by atoms with Crippen molar-refractivity contribution in [2.45, 2.75) is 20.3 Å². The number of methoxy groups -OCH3 is 1. The summed E-state index contributed by atoms with van der Waals surface area (Å²) in [6.07, 6.45) is 1.01. The molecule has 0 atom stereocenters. The summed E-state index contributed by atoms with van der Waals surface area (Å²) in [7, 11) is 1.60. The monoisotopic (exact) mass is 357 g/mol. The summed E-state index contributed by atoms with van der Waals surface area (Å²) in [5, 5.41) is 2.84. The number of carbonyl (C=O) groups is 1. The number of benzene rings is 2. The number of para-hydroxylation sites is 2. The zero-order valence-electron chi connectivity index (χ0n) is 15.7. The average Bonchev–Trinajstić information content (AvgIpc) is 2.65. The Bertz CT molecular complexity index is 683. The third-order valence-corrected chi connectivity index (χ3v) is 3.79. The van der Waals surface area contributed by atoms with Crippen molar-refractivity contribution in [3.63, 3.8) is 0 Å². The molecule has 0 aromatic heterocycles. The molecule has 2 aromatic carbocycles. The fourth-order valence-corrected chi connectivity index (χ4v) is 2.28. The lowest BCUT2D eigenvalue weighted by Crippen LogP contribution is -2.28. The van der Waals surface area contributed by atoms with Crippen LogP contribution in [-0.4, -0.2) is 32.8 Å². The minimum Gasteiger partial charge on any atom is -0.494 e. The van der Waals surface area contributed by atoms with Gasteiger partial charge in [-0.1, -0.05) is 26.0 Å². The maximum absolute atomic E-state index is 12.2. The van der Waals surface area contributed by atoms with Crippen molar-refractivity contribution in [1.29, 1.82) is 0 Å². The van der Waals surface area contributed by atoms with Crippen molar-refractivity contribution >= 4 is 5.91 Å². The number of rotatable bonds is 10. The predicted molar refractivity (Wildman–Crippen MR) is 102 cm³/mol. The summed E-state index contributed by atoms with van der Waals surface area (Å²) < 4.78 is 16.5. The van der Waals surface area contributed by atoms with E-state index in [1.54, 1.807) is 19.2 Å². The maximum Gasteiger partial charge on any atom is 0.251 e. The van der Waals surface area contributed by atoms with Gasteiger partial charge in [0.25, 0.3) is 5.91 Å². The molecule has 1 amide bonds. The van der Waals surface area contributed by atoms with Gasteiger partial charge in [-0.25, -0.2) is 0 Å². The molecule has 0 saturated heterocycles. The minimum absolute atomic E-state index is 0.137. The van der Waals surface area contributed by atoms with Gasteiger partial charge >= 0.3 is 0 Å². The lowest BCUT2D eigenvalue weighted by atomic mass is 10.1. The van der Waals surface area contributed by atoms with Crippen LogP contribution < -0.4 is 19.5 Å². The van der Waals surface area contributed by atoms with E-state index in [1.165, 1.54) is 0 Å². The summed E-state index contributed by atoms with van der Waals surface area (Å²) in [4.78, 5) is 12.2.